The van der Waals surface area contributed by atoms with Crippen LogP contribution >= 0.6 is 0 Å². The Labute approximate surface area is 240 Å². The molecule has 0 bridgehead atoms. The molecule has 2 saturated heterocycles. The van der Waals surface area contributed by atoms with Crippen molar-refractivity contribution in [2.75, 3.05) is 39.4 Å². The molecular weight excluding hydrogens is 502 g/mol. The van der Waals surface area contributed by atoms with Crippen LogP contribution in [0.25, 0.3) is 10.8 Å². The molecule has 2 aliphatic rings. The van der Waals surface area contributed by atoms with Crippen LogP contribution in [0.1, 0.15) is 77.6 Å². The van der Waals surface area contributed by atoms with Crippen molar-refractivity contribution >= 4 is 16.7 Å². The Bertz CT molecular complexity index is 1050. The quantitative estimate of drug-likeness (QED) is 0.148. The smallest absolute Gasteiger partial charge is 0.243 e. The lowest BCUT2D eigenvalue weighted by atomic mass is 10.0. The maximum Gasteiger partial charge on any atom is 0.243 e. The van der Waals surface area contributed by atoms with Crippen molar-refractivity contribution in [3.05, 3.63) is 54.1 Å². The fourth-order valence-corrected chi connectivity index (χ4v) is 5.54. The molecule has 1 amide bonds. The van der Waals surface area contributed by atoms with E-state index in [1.807, 2.05) is 6.07 Å². The number of hydrogen-bond donors (Lipinski definition) is 2. The number of nitrogens with zero attached hydrogens (tertiary/aromatic N) is 1. The molecule has 2 N–H and O–H groups in total. The van der Waals surface area contributed by atoms with Crippen molar-refractivity contribution in [3.63, 3.8) is 0 Å². The molecule has 2 aromatic carbocycles. The highest BCUT2D eigenvalue weighted by Gasteiger charge is 2.17. The Morgan fingerprint density at radius 3 is 2.80 bits per heavy atom. The molecule has 0 aliphatic carbocycles. The number of hydroxylamine groups is 1. The predicted molar refractivity (Wildman–Crippen MR) is 161 cm³/mol. The fraction of sp³-hybridized carbons (Fsp3) is 0.606. The Morgan fingerprint density at radius 2 is 1.93 bits per heavy atom. The van der Waals surface area contributed by atoms with Crippen molar-refractivity contribution in [3.8, 4) is 5.75 Å². The second-order valence-electron chi connectivity index (χ2n) is 11.2. The monoisotopic (exact) mass is 551 g/mol. The number of carbonyl (C=O) groups is 1. The summed E-state index contributed by atoms with van der Waals surface area (Å²) in [5.74, 6) is 0.837. The lowest BCUT2D eigenvalue weighted by molar-refractivity contribution is -0.200. The summed E-state index contributed by atoms with van der Waals surface area (Å²) in [6, 6.07) is 15.3. The number of fused-ring (bicyclic) bond motifs is 1. The normalized spacial score (nSPS) is 20.5. The van der Waals surface area contributed by atoms with Crippen LogP contribution in [0.3, 0.4) is 0 Å². The first-order valence-electron chi connectivity index (χ1n) is 15.5. The largest absolute Gasteiger partial charge is 0.489 e. The molecule has 2 atom stereocenters. The van der Waals surface area contributed by atoms with E-state index < -0.39 is 0 Å². The molecule has 2 heterocycles. The van der Waals surface area contributed by atoms with E-state index in [9.17, 15) is 4.79 Å². The second-order valence-corrected chi connectivity index (χ2v) is 11.2. The van der Waals surface area contributed by atoms with Gasteiger partial charge < -0.3 is 19.7 Å². The van der Waals surface area contributed by atoms with Crippen LogP contribution in [0.5, 0.6) is 5.75 Å². The fourth-order valence-electron chi connectivity index (χ4n) is 5.54. The predicted octanol–water partition coefficient (Wildman–Crippen LogP) is 6.13. The van der Waals surface area contributed by atoms with E-state index in [2.05, 4.69) is 65.1 Å². The number of piperidine rings is 1. The molecule has 7 heteroatoms. The molecule has 220 valence electrons. The van der Waals surface area contributed by atoms with Crippen LogP contribution in [0.4, 0.5) is 0 Å². The van der Waals surface area contributed by atoms with Crippen LogP contribution in [0.15, 0.2) is 54.1 Å². The average molecular weight is 552 g/mol. The summed E-state index contributed by atoms with van der Waals surface area (Å²) in [7, 11) is 0. The number of amides is 1. The van der Waals surface area contributed by atoms with E-state index in [0.717, 1.165) is 69.2 Å². The third kappa shape index (κ3) is 10.5. The van der Waals surface area contributed by atoms with Crippen molar-refractivity contribution in [1.82, 2.24) is 15.7 Å². The molecule has 0 aromatic heterocycles. The van der Waals surface area contributed by atoms with Crippen molar-refractivity contribution in [1.29, 1.82) is 0 Å². The van der Waals surface area contributed by atoms with Gasteiger partial charge in [0, 0.05) is 37.4 Å². The van der Waals surface area contributed by atoms with E-state index in [4.69, 9.17) is 14.3 Å². The van der Waals surface area contributed by atoms with E-state index >= 15 is 0 Å². The number of benzene rings is 2. The number of likely N-dealkylation sites (tertiary alicyclic amines) is 1. The van der Waals surface area contributed by atoms with Crippen LogP contribution in [-0.4, -0.2) is 62.5 Å². The summed E-state index contributed by atoms with van der Waals surface area (Å²) >= 11 is 0. The van der Waals surface area contributed by atoms with Gasteiger partial charge >= 0.3 is 0 Å². The summed E-state index contributed by atoms with van der Waals surface area (Å²) in [6.45, 7) is 7.84. The molecule has 2 aliphatic heterocycles. The minimum Gasteiger partial charge on any atom is -0.489 e. The summed E-state index contributed by atoms with van der Waals surface area (Å²) in [6.07, 6.45) is 13.3. The molecule has 0 radical (unpaired) electrons. The first-order chi connectivity index (χ1) is 19.7. The molecule has 0 saturated carbocycles. The average Bonchev–Trinajstić information content (AvgIpc) is 2.99. The van der Waals surface area contributed by atoms with E-state index in [1.165, 1.54) is 43.3 Å². The molecule has 0 spiro atoms. The highest BCUT2D eigenvalue weighted by Crippen LogP contribution is 2.25. The van der Waals surface area contributed by atoms with Gasteiger partial charge in [0.25, 0.3) is 0 Å². The molecule has 40 heavy (non-hydrogen) atoms. The number of nitrogens with one attached hydrogen (secondary N) is 2. The molecule has 2 unspecified atom stereocenters. The van der Waals surface area contributed by atoms with Gasteiger partial charge in [-0.25, -0.2) is 10.3 Å². The van der Waals surface area contributed by atoms with Crippen molar-refractivity contribution in [2.24, 2.45) is 0 Å². The zero-order valence-electron chi connectivity index (χ0n) is 24.4. The number of carbonyl (C=O) groups excluding carboxylic acids is 1. The van der Waals surface area contributed by atoms with Gasteiger partial charge in [0.2, 0.25) is 5.91 Å². The Balaban J connectivity index is 1.20. The zero-order chi connectivity index (χ0) is 27.8. The Kier molecular flexibility index (Phi) is 13.3. The number of ether oxygens (including phenoxy) is 2. The van der Waals surface area contributed by atoms with Crippen LogP contribution < -0.4 is 15.5 Å². The second kappa shape index (κ2) is 17.4. The molecule has 4 rings (SSSR count). The van der Waals surface area contributed by atoms with Gasteiger partial charge in [0.05, 0.1) is 0 Å². The van der Waals surface area contributed by atoms with E-state index in [-0.39, 0.29) is 12.2 Å². The van der Waals surface area contributed by atoms with Gasteiger partial charge in [0.15, 0.2) is 6.29 Å². The zero-order valence-corrected chi connectivity index (χ0v) is 24.4. The van der Waals surface area contributed by atoms with Gasteiger partial charge in [-0.05, 0) is 95.0 Å². The summed E-state index contributed by atoms with van der Waals surface area (Å²) < 4.78 is 11.8. The molecule has 2 fully saturated rings. The molecule has 2 aromatic rings. The van der Waals surface area contributed by atoms with Gasteiger partial charge in [-0.1, -0.05) is 48.9 Å². The third-order valence-corrected chi connectivity index (χ3v) is 7.99. The number of hydrogen-bond acceptors (Lipinski definition) is 6. The van der Waals surface area contributed by atoms with Gasteiger partial charge in [0.1, 0.15) is 12.4 Å². The van der Waals surface area contributed by atoms with Crippen LogP contribution in [0.2, 0.25) is 0 Å². The van der Waals surface area contributed by atoms with Crippen molar-refractivity contribution in [2.45, 2.75) is 89.9 Å². The Hall–Kier alpha value is -2.45. The van der Waals surface area contributed by atoms with Crippen LogP contribution in [-0.2, 0) is 14.4 Å². The summed E-state index contributed by atoms with van der Waals surface area (Å²) in [5.41, 5.74) is 3.81. The number of rotatable bonds is 16. The SMILES string of the molecule is CC1CCCCN1CCCNC/C(=C/CCCCC(=O)NOC1CCCCO1)COc1cccc2ccccc12. The lowest BCUT2D eigenvalue weighted by Gasteiger charge is -2.33. The van der Waals surface area contributed by atoms with Crippen molar-refractivity contribution < 1.29 is 19.1 Å². The topological polar surface area (TPSA) is 72.1 Å². The lowest BCUT2D eigenvalue weighted by Crippen LogP contribution is -2.39. The van der Waals surface area contributed by atoms with Gasteiger partial charge in [-0.15, -0.1) is 0 Å². The summed E-state index contributed by atoms with van der Waals surface area (Å²) in [5, 5.41) is 5.98. The minimum absolute atomic E-state index is 0.0812. The number of allylic oxidation sites excluding steroid dienone is 1. The molecule has 7 nitrogen and oxygen atoms in total. The Morgan fingerprint density at radius 1 is 1.05 bits per heavy atom. The highest BCUT2D eigenvalue weighted by atomic mass is 16.8. The minimum atomic E-state index is -0.305. The van der Waals surface area contributed by atoms with E-state index in [1.54, 1.807) is 0 Å². The standard InChI is InChI=1S/C33H49N3O4/c1-27-13-7-9-22-36(27)23-12-21-34-25-28(26-39-31-18-11-16-29-15-5-6-17-30(29)31)14-3-2-4-19-32(37)35-40-33-20-8-10-24-38-33/h5-6,11,14-18,27,33-34H,2-4,7-10,12-13,19-26H2,1H3,(H,35,37)/b28-14-. The first-order valence-corrected chi connectivity index (χ1v) is 15.5. The number of unbranched alkanes of at least 4 members (excludes halogenated alkanes) is 2. The third-order valence-electron chi connectivity index (χ3n) is 7.99. The molecular formula is C33H49N3O4. The maximum absolute atomic E-state index is 12.1. The highest BCUT2D eigenvalue weighted by molar-refractivity contribution is 5.88. The first kappa shape index (κ1) is 30.5. The van der Waals surface area contributed by atoms with E-state index in [0.29, 0.717) is 25.7 Å². The van der Waals surface area contributed by atoms with Gasteiger partial charge in [-0.3, -0.25) is 4.79 Å². The maximum atomic E-state index is 12.1. The summed E-state index contributed by atoms with van der Waals surface area (Å²) in [4.78, 5) is 20.2. The van der Waals surface area contributed by atoms with Crippen LogP contribution in [0, 0.1) is 0 Å². The van der Waals surface area contributed by atoms with Gasteiger partial charge in [-0.2, -0.15) is 0 Å².